The number of H-pyrrole nitrogens is 1. The van der Waals surface area contributed by atoms with Crippen LogP contribution in [0.4, 0.5) is 0 Å². The molecule has 1 aromatic heterocycles. The number of aromatic nitrogens is 2. The van der Waals surface area contributed by atoms with Crippen LogP contribution in [0.3, 0.4) is 0 Å². The molecule has 9 heteroatoms. The van der Waals surface area contributed by atoms with Gasteiger partial charge in [0.25, 0.3) is 0 Å². The highest BCUT2D eigenvalue weighted by Gasteiger charge is 2.25. The van der Waals surface area contributed by atoms with Gasteiger partial charge < -0.3 is 5.73 Å². The summed E-state index contributed by atoms with van der Waals surface area (Å²) in [5, 5.41) is 6.14. The second kappa shape index (κ2) is 5.95. The lowest BCUT2D eigenvalue weighted by atomic mass is 10.1. The predicted octanol–water partition coefficient (Wildman–Crippen LogP) is -0.561. The minimum Gasteiger partial charge on any atom is -0.392 e. The van der Waals surface area contributed by atoms with E-state index in [1.807, 2.05) is 0 Å². The van der Waals surface area contributed by atoms with Gasteiger partial charge in [0, 0.05) is 31.9 Å². The van der Waals surface area contributed by atoms with E-state index in [2.05, 4.69) is 19.8 Å². The summed E-state index contributed by atoms with van der Waals surface area (Å²) in [7, 11) is -3.47. The van der Waals surface area contributed by atoms with Crippen LogP contribution in [0.1, 0.15) is 12.8 Å². The van der Waals surface area contributed by atoms with Gasteiger partial charge >= 0.3 is 0 Å². The normalized spacial score (nSPS) is 18.5. The number of likely N-dealkylation sites (tertiary alicyclic amines) is 1. The maximum absolute atomic E-state index is 12.0. The molecule has 0 spiro atoms. The fourth-order valence-corrected chi connectivity index (χ4v) is 3.50. The molecule has 2 heterocycles. The van der Waals surface area contributed by atoms with E-state index in [1.54, 1.807) is 0 Å². The van der Waals surface area contributed by atoms with E-state index in [1.165, 1.54) is 12.4 Å². The fraction of sp³-hybridized carbons (Fsp3) is 0.600. The molecule has 0 amide bonds. The van der Waals surface area contributed by atoms with Gasteiger partial charge in [-0.1, -0.05) is 12.2 Å². The molecule has 1 saturated heterocycles. The molecule has 0 bridgehead atoms. The Labute approximate surface area is 117 Å². The molecule has 1 aromatic rings. The van der Waals surface area contributed by atoms with Crippen molar-refractivity contribution in [2.24, 2.45) is 5.73 Å². The van der Waals surface area contributed by atoms with Crippen molar-refractivity contribution in [1.82, 2.24) is 19.8 Å². The summed E-state index contributed by atoms with van der Waals surface area (Å²) in [6.45, 7) is 2.17. The summed E-state index contributed by atoms with van der Waals surface area (Å²) in [5.41, 5.74) is 5.49. The summed E-state index contributed by atoms with van der Waals surface area (Å²) in [6.07, 6.45) is 4.16. The Morgan fingerprint density at radius 3 is 2.79 bits per heavy atom. The summed E-state index contributed by atoms with van der Waals surface area (Å²) in [5.74, 6) is 0. The molecule has 0 saturated carbocycles. The minimum absolute atomic E-state index is 0.0532. The maximum atomic E-state index is 12.0. The zero-order chi connectivity index (χ0) is 13.9. The summed E-state index contributed by atoms with van der Waals surface area (Å²) in [6, 6.07) is -0.0532. The third-order valence-corrected chi connectivity index (χ3v) is 4.69. The Morgan fingerprint density at radius 2 is 2.26 bits per heavy atom. The molecule has 4 N–H and O–H groups in total. The average Bonchev–Trinajstić information content (AvgIpc) is 2.85. The Hall–Kier alpha value is -1.03. The first-order valence-electron chi connectivity index (χ1n) is 5.99. The van der Waals surface area contributed by atoms with Crippen LogP contribution in [0.5, 0.6) is 0 Å². The Morgan fingerprint density at radius 1 is 1.58 bits per heavy atom. The quantitative estimate of drug-likeness (QED) is 0.630. The number of aromatic amines is 1. The monoisotopic (exact) mass is 303 g/mol. The summed E-state index contributed by atoms with van der Waals surface area (Å²) in [4.78, 5) is 2.76. The van der Waals surface area contributed by atoms with E-state index >= 15 is 0 Å². The lowest BCUT2D eigenvalue weighted by Crippen LogP contribution is -2.46. The van der Waals surface area contributed by atoms with Gasteiger partial charge in [-0.2, -0.15) is 5.10 Å². The Balaban J connectivity index is 1.88. The third kappa shape index (κ3) is 3.96. The summed E-state index contributed by atoms with van der Waals surface area (Å²) >= 11 is 4.86. The van der Waals surface area contributed by atoms with Crippen LogP contribution in [0, 0.1) is 0 Å². The van der Waals surface area contributed by atoms with Gasteiger partial charge in [-0.15, -0.1) is 0 Å². The van der Waals surface area contributed by atoms with E-state index < -0.39 is 10.0 Å². The van der Waals surface area contributed by atoms with E-state index in [9.17, 15) is 8.42 Å². The first-order chi connectivity index (χ1) is 8.97. The van der Waals surface area contributed by atoms with Crippen molar-refractivity contribution in [1.29, 1.82) is 0 Å². The number of hydrogen-bond donors (Lipinski definition) is 3. The van der Waals surface area contributed by atoms with Crippen LogP contribution in [-0.2, 0) is 10.0 Å². The van der Waals surface area contributed by atoms with Crippen molar-refractivity contribution in [2.75, 3.05) is 19.6 Å². The van der Waals surface area contributed by atoms with Gasteiger partial charge in [0.2, 0.25) is 10.0 Å². The van der Waals surface area contributed by atoms with Crippen molar-refractivity contribution in [2.45, 2.75) is 23.8 Å². The van der Waals surface area contributed by atoms with Crippen molar-refractivity contribution in [3.05, 3.63) is 12.4 Å². The molecule has 0 aliphatic carbocycles. The third-order valence-electron chi connectivity index (χ3n) is 3.07. The van der Waals surface area contributed by atoms with Crippen LogP contribution >= 0.6 is 12.2 Å². The van der Waals surface area contributed by atoms with Crippen molar-refractivity contribution >= 4 is 27.2 Å². The number of nitrogens with one attached hydrogen (secondary N) is 2. The number of rotatable bonds is 5. The molecule has 0 unspecified atom stereocenters. The molecule has 0 atom stereocenters. The average molecular weight is 303 g/mol. The van der Waals surface area contributed by atoms with Gasteiger partial charge in [0.1, 0.15) is 4.90 Å². The molecule has 0 radical (unpaired) electrons. The number of thiocarbonyl (C=S) groups is 1. The van der Waals surface area contributed by atoms with Crippen LogP contribution < -0.4 is 10.5 Å². The van der Waals surface area contributed by atoms with E-state index in [0.29, 0.717) is 11.5 Å². The molecular weight excluding hydrogens is 286 g/mol. The zero-order valence-corrected chi connectivity index (χ0v) is 12.0. The lowest BCUT2D eigenvalue weighted by Gasteiger charge is -2.31. The smallest absolute Gasteiger partial charge is 0.243 e. The van der Waals surface area contributed by atoms with Gasteiger partial charge in [0.05, 0.1) is 11.2 Å². The van der Waals surface area contributed by atoms with Crippen LogP contribution in [0.2, 0.25) is 0 Å². The number of sulfonamides is 1. The van der Waals surface area contributed by atoms with Crippen LogP contribution in [0.25, 0.3) is 0 Å². The van der Waals surface area contributed by atoms with Gasteiger partial charge in [0.15, 0.2) is 0 Å². The largest absolute Gasteiger partial charge is 0.392 e. The van der Waals surface area contributed by atoms with Crippen molar-refractivity contribution in [3.8, 4) is 0 Å². The molecule has 0 aromatic carbocycles. The number of nitrogens with two attached hydrogens (primary N) is 1. The van der Waals surface area contributed by atoms with Gasteiger partial charge in [-0.25, -0.2) is 13.1 Å². The Bertz CT molecular complexity index is 520. The van der Waals surface area contributed by atoms with Crippen molar-refractivity contribution in [3.63, 3.8) is 0 Å². The summed E-state index contributed by atoms with van der Waals surface area (Å²) < 4.78 is 26.7. The second-order valence-electron chi connectivity index (χ2n) is 4.57. The highest BCUT2D eigenvalue weighted by molar-refractivity contribution is 7.89. The van der Waals surface area contributed by atoms with E-state index in [0.717, 1.165) is 25.9 Å². The van der Waals surface area contributed by atoms with Crippen LogP contribution in [0.15, 0.2) is 17.3 Å². The molecule has 19 heavy (non-hydrogen) atoms. The lowest BCUT2D eigenvalue weighted by molar-refractivity contribution is 0.233. The topological polar surface area (TPSA) is 104 Å². The number of piperidine rings is 1. The molecule has 7 nitrogen and oxygen atoms in total. The number of hydrogen-bond acceptors (Lipinski definition) is 5. The first kappa shape index (κ1) is 14.4. The standard InChI is InChI=1S/C10H17N5O2S2/c11-10(18)7-15-3-1-8(2-4-15)14-19(16,17)9-5-12-13-6-9/h5-6,8,14H,1-4,7H2,(H2,11,18)(H,12,13). The minimum atomic E-state index is -3.47. The molecule has 2 rings (SSSR count). The number of nitrogens with zero attached hydrogens (tertiary/aromatic N) is 2. The van der Waals surface area contributed by atoms with Crippen molar-refractivity contribution < 1.29 is 8.42 Å². The highest BCUT2D eigenvalue weighted by Crippen LogP contribution is 2.13. The van der Waals surface area contributed by atoms with Gasteiger partial charge in [-0.3, -0.25) is 10.00 Å². The predicted molar refractivity (Wildman–Crippen MR) is 75.2 cm³/mol. The molecule has 1 aliphatic rings. The van der Waals surface area contributed by atoms with Gasteiger partial charge in [-0.05, 0) is 12.8 Å². The molecular formula is C10H17N5O2S2. The van der Waals surface area contributed by atoms with Crippen LogP contribution in [-0.4, -0.2) is 54.2 Å². The molecule has 1 fully saturated rings. The SMILES string of the molecule is NC(=S)CN1CCC(NS(=O)(=O)c2cn[nH]c2)CC1. The van der Waals surface area contributed by atoms with E-state index in [4.69, 9.17) is 18.0 Å². The molecule has 1 aliphatic heterocycles. The maximum Gasteiger partial charge on any atom is 0.243 e. The first-order valence-corrected chi connectivity index (χ1v) is 7.88. The molecule has 106 valence electrons. The second-order valence-corrected chi connectivity index (χ2v) is 6.81. The highest BCUT2D eigenvalue weighted by atomic mass is 32.2. The zero-order valence-electron chi connectivity index (χ0n) is 10.4. The van der Waals surface area contributed by atoms with E-state index in [-0.39, 0.29) is 10.9 Å². The fourth-order valence-electron chi connectivity index (χ4n) is 2.10. The Kier molecular flexibility index (Phi) is 4.50.